The molecule has 4 rings (SSSR count). The fourth-order valence-corrected chi connectivity index (χ4v) is 3.91. The molecule has 2 aliphatic rings. The van der Waals surface area contributed by atoms with Crippen molar-refractivity contribution in [3.63, 3.8) is 0 Å². The van der Waals surface area contributed by atoms with Gasteiger partial charge in [0.25, 0.3) is 5.91 Å². The normalized spacial score (nSPS) is 17.4. The molecule has 29 heavy (non-hydrogen) atoms. The zero-order valence-corrected chi connectivity index (χ0v) is 16.9. The predicted molar refractivity (Wildman–Crippen MR) is 109 cm³/mol. The summed E-state index contributed by atoms with van der Waals surface area (Å²) < 4.78 is 10.8. The van der Waals surface area contributed by atoms with Gasteiger partial charge >= 0.3 is 0 Å². The fourth-order valence-electron chi connectivity index (χ4n) is 3.91. The van der Waals surface area contributed by atoms with Gasteiger partial charge in [-0.05, 0) is 48.2 Å². The first-order chi connectivity index (χ1) is 14.0. The molecule has 6 nitrogen and oxygen atoms in total. The molecule has 2 aromatic carbocycles. The van der Waals surface area contributed by atoms with Gasteiger partial charge in [-0.15, -0.1) is 0 Å². The first-order valence-electron chi connectivity index (χ1n) is 9.99. The molecular weight excluding hydrogens is 368 g/mol. The number of fused-ring (bicyclic) bond motifs is 1. The van der Waals surface area contributed by atoms with Crippen LogP contribution in [-0.2, 0) is 11.2 Å². The number of aryl methyl sites for hydroxylation is 1. The quantitative estimate of drug-likeness (QED) is 0.782. The Labute approximate surface area is 171 Å². The smallest absolute Gasteiger partial charge is 0.253 e. The van der Waals surface area contributed by atoms with Crippen molar-refractivity contribution in [3.8, 4) is 11.5 Å². The second kappa shape index (κ2) is 8.15. The van der Waals surface area contributed by atoms with Crippen molar-refractivity contribution < 1.29 is 19.1 Å². The summed E-state index contributed by atoms with van der Waals surface area (Å²) in [5.74, 6) is 2.09. The molecule has 1 atom stereocenters. The number of hydrogen-bond acceptors (Lipinski definition) is 4. The molecular formula is C23H26N2O4. The lowest BCUT2D eigenvalue weighted by atomic mass is 9.98. The fraction of sp³-hybridized carbons (Fsp3) is 0.391. The van der Waals surface area contributed by atoms with Crippen LogP contribution in [-0.4, -0.2) is 55.6 Å². The minimum absolute atomic E-state index is 0.0146. The highest BCUT2D eigenvalue weighted by atomic mass is 16.7. The van der Waals surface area contributed by atoms with Gasteiger partial charge < -0.3 is 19.3 Å². The molecule has 6 heteroatoms. The van der Waals surface area contributed by atoms with Crippen LogP contribution in [0, 0.1) is 0 Å². The molecule has 2 amide bonds. The van der Waals surface area contributed by atoms with E-state index in [1.54, 1.807) is 19.0 Å². The van der Waals surface area contributed by atoms with E-state index in [-0.39, 0.29) is 18.6 Å². The highest BCUT2D eigenvalue weighted by Gasteiger charge is 2.28. The summed E-state index contributed by atoms with van der Waals surface area (Å²) in [5.41, 5.74) is 2.93. The Morgan fingerprint density at radius 2 is 1.83 bits per heavy atom. The van der Waals surface area contributed by atoms with Crippen molar-refractivity contribution in [2.45, 2.75) is 25.2 Å². The molecule has 1 unspecified atom stereocenters. The van der Waals surface area contributed by atoms with Gasteiger partial charge in [0, 0.05) is 45.1 Å². The van der Waals surface area contributed by atoms with E-state index in [9.17, 15) is 9.59 Å². The summed E-state index contributed by atoms with van der Waals surface area (Å²) in [6.07, 6.45) is 2.13. The van der Waals surface area contributed by atoms with Crippen molar-refractivity contribution in [1.29, 1.82) is 0 Å². The average Bonchev–Trinajstić information content (AvgIpc) is 3.40. The summed E-state index contributed by atoms with van der Waals surface area (Å²) in [7, 11) is 3.48. The molecule has 152 valence electrons. The third kappa shape index (κ3) is 4.21. The Bertz CT molecular complexity index is 908. The van der Waals surface area contributed by atoms with Crippen LogP contribution in [0.5, 0.6) is 11.5 Å². The number of benzene rings is 2. The number of likely N-dealkylation sites (tertiary alicyclic amines) is 1. The van der Waals surface area contributed by atoms with Crippen molar-refractivity contribution in [3.05, 3.63) is 59.2 Å². The summed E-state index contributed by atoms with van der Waals surface area (Å²) in [4.78, 5) is 28.1. The van der Waals surface area contributed by atoms with Gasteiger partial charge in [-0.3, -0.25) is 9.59 Å². The van der Waals surface area contributed by atoms with Crippen molar-refractivity contribution in [2.75, 3.05) is 34.0 Å². The number of carbonyl (C=O) groups is 2. The maximum Gasteiger partial charge on any atom is 0.253 e. The van der Waals surface area contributed by atoms with E-state index in [1.165, 1.54) is 5.56 Å². The van der Waals surface area contributed by atoms with Crippen LogP contribution in [0.3, 0.4) is 0 Å². The van der Waals surface area contributed by atoms with E-state index >= 15 is 0 Å². The van der Waals surface area contributed by atoms with E-state index in [4.69, 9.17) is 9.47 Å². The Morgan fingerprint density at radius 3 is 2.59 bits per heavy atom. The van der Waals surface area contributed by atoms with Crippen LogP contribution >= 0.6 is 0 Å². The number of ether oxygens (including phenoxy) is 2. The van der Waals surface area contributed by atoms with Crippen LogP contribution < -0.4 is 9.47 Å². The zero-order chi connectivity index (χ0) is 20.4. The third-order valence-corrected chi connectivity index (χ3v) is 5.64. The van der Waals surface area contributed by atoms with E-state index in [1.807, 2.05) is 41.3 Å². The minimum atomic E-state index is -0.0146. The molecule has 1 saturated heterocycles. The summed E-state index contributed by atoms with van der Waals surface area (Å²) in [5, 5.41) is 0. The molecule has 0 radical (unpaired) electrons. The Hall–Kier alpha value is -3.02. The summed E-state index contributed by atoms with van der Waals surface area (Å²) in [6.45, 7) is 1.81. The Kier molecular flexibility index (Phi) is 5.43. The van der Waals surface area contributed by atoms with Gasteiger partial charge in [-0.2, -0.15) is 0 Å². The minimum Gasteiger partial charge on any atom is -0.454 e. The number of amides is 2. The van der Waals surface area contributed by atoms with E-state index in [0.717, 1.165) is 36.6 Å². The maximum absolute atomic E-state index is 12.7. The lowest BCUT2D eigenvalue weighted by Gasteiger charge is -2.17. The van der Waals surface area contributed by atoms with Gasteiger partial charge in [0.2, 0.25) is 12.7 Å². The van der Waals surface area contributed by atoms with Crippen LogP contribution in [0.15, 0.2) is 42.5 Å². The molecule has 0 N–H and O–H groups in total. The van der Waals surface area contributed by atoms with Gasteiger partial charge in [-0.1, -0.05) is 18.2 Å². The van der Waals surface area contributed by atoms with E-state index in [2.05, 4.69) is 6.07 Å². The highest BCUT2D eigenvalue weighted by Crippen LogP contribution is 2.37. The van der Waals surface area contributed by atoms with E-state index < -0.39 is 0 Å². The lowest BCUT2D eigenvalue weighted by Crippen LogP contribution is -2.28. The molecule has 0 saturated carbocycles. The van der Waals surface area contributed by atoms with Gasteiger partial charge in [-0.25, -0.2) is 0 Å². The van der Waals surface area contributed by atoms with Crippen molar-refractivity contribution >= 4 is 11.8 Å². The highest BCUT2D eigenvalue weighted by molar-refractivity contribution is 5.93. The molecule has 0 aliphatic carbocycles. The van der Waals surface area contributed by atoms with Crippen LogP contribution in [0.4, 0.5) is 0 Å². The number of rotatable bonds is 5. The first-order valence-corrected chi connectivity index (χ1v) is 9.99. The summed E-state index contributed by atoms with van der Waals surface area (Å²) >= 11 is 0. The number of hydrogen-bond donors (Lipinski definition) is 0. The zero-order valence-electron chi connectivity index (χ0n) is 16.9. The molecule has 1 fully saturated rings. The van der Waals surface area contributed by atoms with E-state index in [0.29, 0.717) is 24.3 Å². The Morgan fingerprint density at radius 1 is 1.07 bits per heavy atom. The van der Waals surface area contributed by atoms with Crippen molar-refractivity contribution in [2.24, 2.45) is 0 Å². The second-order valence-electron chi connectivity index (χ2n) is 7.83. The van der Waals surface area contributed by atoms with Crippen LogP contribution in [0.2, 0.25) is 0 Å². The largest absolute Gasteiger partial charge is 0.454 e. The van der Waals surface area contributed by atoms with Crippen LogP contribution in [0.1, 0.15) is 40.2 Å². The SMILES string of the molecule is CN(C)C(=O)c1ccc(CCC(=O)N2CCC(c3ccc4c(c3)OCO4)C2)cc1. The molecule has 0 spiro atoms. The van der Waals surface area contributed by atoms with Gasteiger partial charge in [0.05, 0.1) is 0 Å². The topological polar surface area (TPSA) is 59.1 Å². The predicted octanol–water partition coefficient (Wildman–Crippen LogP) is 3.07. The third-order valence-electron chi connectivity index (χ3n) is 5.64. The van der Waals surface area contributed by atoms with Crippen molar-refractivity contribution in [1.82, 2.24) is 9.80 Å². The van der Waals surface area contributed by atoms with Gasteiger partial charge in [0.15, 0.2) is 11.5 Å². The molecule has 0 bridgehead atoms. The molecule has 2 heterocycles. The molecule has 2 aliphatic heterocycles. The molecule has 2 aromatic rings. The summed E-state index contributed by atoms with van der Waals surface area (Å²) in [6, 6.07) is 13.6. The monoisotopic (exact) mass is 394 g/mol. The lowest BCUT2D eigenvalue weighted by molar-refractivity contribution is -0.130. The van der Waals surface area contributed by atoms with Gasteiger partial charge in [0.1, 0.15) is 0 Å². The average molecular weight is 394 g/mol. The second-order valence-corrected chi connectivity index (χ2v) is 7.83. The van der Waals surface area contributed by atoms with Crippen LogP contribution in [0.25, 0.3) is 0 Å². The number of carbonyl (C=O) groups excluding carboxylic acids is 2. The molecule has 0 aromatic heterocycles. The standard InChI is InChI=1S/C23H26N2O4/c1-24(2)23(27)17-6-3-16(4-7-17)5-10-22(26)25-12-11-19(14-25)18-8-9-20-21(13-18)29-15-28-20/h3-4,6-9,13,19H,5,10-12,14-15H2,1-2H3. The first kappa shape index (κ1) is 19.3. The Balaban J connectivity index is 1.30. The number of nitrogens with zero attached hydrogens (tertiary/aromatic N) is 2. The maximum atomic E-state index is 12.7.